The minimum absolute atomic E-state index is 0.00889. The van der Waals surface area contributed by atoms with E-state index in [1.165, 1.54) is 24.0 Å². The smallest absolute Gasteiger partial charge is 0.258 e. The Labute approximate surface area is 118 Å². The fourth-order valence-electron chi connectivity index (χ4n) is 1.81. The fraction of sp³-hybridized carbons (Fsp3) is 0. The number of para-hydroxylation sites is 1. The van der Waals surface area contributed by atoms with Crippen LogP contribution in [0.15, 0.2) is 64.8 Å². The van der Waals surface area contributed by atoms with Gasteiger partial charge in [-0.3, -0.25) is 15.1 Å². The molecule has 0 radical (unpaired) electrons. The number of benzene rings is 1. The summed E-state index contributed by atoms with van der Waals surface area (Å²) in [6.45, 7) is 0. The van der Waals surface area contributed by atoms with E-state index < -0.39 is 4.92 Å². The summed E-state index contributed by atoms with van der Waals surface area (Å²) < 4.78 is 0. The molecule has 0 bridgehead atoms. The van der Waals surface area contributed by atoms with Gasteiger partial charge in [-0.25, -0.2) is 4.98 Å². The van der Waals surface area contributed by atoms with Gasteiger partial charge < -0.3 is 0 Å². The molecule has 98 valence electrons. The average molecular weight is 283 g/mol. The maximum Gasteiger partial charge on any atom is 0.287 e. The number of pyridine rings is 2. The summed E-state index contributed by atoms with van der Waals surface area (Å²) in [6.07, 6.45) is 3.01. The molecule has 2 aromatic heterocycles. The molecule has 5 nitrogen and oxygen atoms in total. The molecule has 0 spiro atoms. The molecule has 0 aliphatic heterocycles. The van der Waals surface area contributed by atoms with Gasteiger partial charge in [0.2, 0.25) is 0 Å². The lowest BCUT2D eigenvalue weighted by molar-refractivity contribution is -0.385. The standard InChI is InChI=1S/C14H9N3O2S/c18-17(19)11-6-7-13(16-9-11)20-12-5-1-3-10-4-2-8-15-14(10)12/h1-9H. The van der Waals surface area contributed by atoms with Gasteiger partial charge in [0.15, 0.2) is 0 Å². The number of hydrogen-bond donors (Lipinski definition) is 0. The first-order valence-electron chi connectivity index (χ1n) is 5.86. The lowest BCUT2D eigenvalue weighted by atomic mass is 10.2. The summed E-state index contributed by atoms with van der Waals surface area (Å²) in [5, 5.41) is 12.4. The molecule has 0 aliphatic carbocycles. The van der Waals surface area contributed by atoms with E-state index in [9.17, 15) is 10.1 Å². The van der Waals surface area contributed by atoms with Crippen LogP contribution in [0.5, 0.6) is 0 Å². The van der Waals surface area contributed by atoms with Gasteiger partial charge in [-0.1, -0.05) is 30.0 Å². The lowest BCUT2D eigenvalue weighted by Crippen LogP contribution is -1.89. The number of aromatic nitrogens is 2. The van der Waals surface area contributed by atoms with Crippen LogP contribution in [0.25, 0.3) is 10.9 Å². The van der Waals surface area contributed by atoms with Crippen LogP contribution in [0.4, 0.5) is 5.69 Å². The highest BCUT2D eigenvalue weighted by Crippen LogP contribution is 2.31. The predicted molar refractivity (Wildman–Crippen MR) is 76.8 cm³/mol. The zero-order chi connectivity index (χ0) is 13.9. The van der Waals surface area contributed by atoms with Crippen molar-refractivity contribution in [3.05, 3.63) is 65.0 Å². The number of nitro groups is 1. The van der Waals surface area contributed by atoms with Crippen LogP contribution in [0.1, 0.15) is 0 Å². The van der Waals surface area contributed by atoms with Crippen LogP contribution in [0.3, 0.4) is 0 Å². The second kappa shape index (κ2) is 5.26. The number of hydrogen-bond acceptors (Lipinski definition) is 5. The maximum absolute atomic E-state index is 10.6. The van der Waals surface area contributed by atoms with Gasteiger partial charge in [0.05, 0.1) is 10.4 Å². The van der Waals surface area contributed by atoms with Gasteiger partial charge in [-0.2, -0.15) is 0 Å². The Kier molecular flexibility index (Phi) is 3.30. The van der Waals surface area contributed by atoms with E-state index in [1.54, 1.807) is 12.3 Å². The Morgan fingerprint density at radius 2 is 1.90 bits per heavy atom. The molecule has 0 N–H and O–H groups in total. The first-order chi connectivity index (χ1) is 9.74. The van der Waals surface area contributed by atoms with Crippen molar-refractivity contribution in [1.29, 1.82) is 0 Å². The van der Waals surface area contributed by atoms with E-state index in [4.69, 9.17) is 0 Å². The largest absolute Gasteiger partial charge is 0.287 e. The number of nitrogens with zero attached hydrogens (tertiary/aromatic N) is 3. The molecular formula is C14H9N3O2S. The van der Waals surface area contributed by atoms with E-state index in [0.29, 0.717) is 5.03 Å². The first kappa shape index (κ1) is 12.6. The van der Waals surface area contributed by atoms with Crippen molar-refractivity contribution >= 4 is 28.4 Å². The van der Waals surface area contributed by atoms with Gasteiger partial charge in [0.1, 0.15) is 11.2 Å². The van der Waals surface area contributed by atoms with Crippen molar-refractivity contribution < 1.29 is 4.92 Å². The maximum atomic E-state index is 10.6. The monoisotopic (exact) mass is 283 g/mol. The SMILES string of the molecule is O=[N+]([O-])c1ccc(Sc2cccc3cccnc23)nc1. The molecule has 0 unspecified atom stereocenters. The minimum atomic E-state index is -0.457. The Morgan fingerprint density at radius 3 is 2.65 bits per heavy atom. The highest BCUT2D eigenvalue weighted by Gasteiger charge is 2.08. The fourth-order valence-corrected chi connectivity index (χ4v) is 2.69. The normalized spacial score (nSPS) is 10.6. The molecule has 0 saturated heterocycles. The Balaban J connectivity index is 1.95. The van der Waals surface area contributed by atoms with Crippen molar-refractivity contribution in [3.8, 4) is 0 Å². The predicted octanol–water partition coefficient (Wildman–Crippen LogP) is 3.69. The number of fused-ring (bicyclic) bond motifs is 1. The van der Waals surface area contributed by atoms with Crippen molar-refractivity contribution in [2.75, 3.05) is 0 Å². The molecule has 3 rings (SSSR count). The zero-order valence-electron chi connectivity index (χ0n) is 10.3. The van der Waals surface area contributed by atoms with Crippen molar-refractivity contribution in [1.82, 2.24) is 9.97 Å². The van der Waals surface area contributed by atoms with E-state index in [1.807, 2.05) is 30.3 Å². The second-order valence-electron chi connectivity index (χ2n) is 4.05. The van der Waals surface area contributed by atoms with Crippen molar-refractivity contribution in [2.45, 2.75) is 9.92 Å². The zero-order valence-corrected chi connectivity index (χ0v) is 11.1. The van der Waals surface area contributed by atoms with E-state index in [2.05, 4.69) is 9.97 Å². The Bertz CT molecular complexity index is 769. The quantitative estimate of drug-likeness (QED) is 0.541. The molecule has 1 aromatic carbocycles. The molecule has 6 heteroatoms. The highest BCUT2D eigenvalue weighted by atomic mass is 32.2. The summed E-state index contributed by atoms with van der Waals surface area (Å²) in [4.78, 5) is 19.6. The molecule has 0 atom stereocenters. The second-order valence-corrected chi connectivity index (χ2v) is 5.11. The third-order valence-corrected chi connectivity index (χ3v) is 3.74. The van der Waals surface area contributed by atoms with Crippen LogP contribution in [-0.2, 0) is 0 Å². The van der Waals surface area contributed by atoms with E-state index >= 15 is 0 Å². The average Bonchev–Trinajstić information content (AvgIpc) is 2.48. The van der Waals surface area contributed by atoms with Crippen LogP contribution in [0.2, 0.25) is 0 Å². The van der Waals surface area contributed by atoms with Crippen LogP contribution < -0.4 is 0 Å². The third-order valence-electron chi connectivity index (χ3n) is 2.74. The molecular weight excluding hydrogens is 274 g/mol. The van der Waals surface area contributed by atoms with Crippen LogP contribution in [-0.4, -0.2) is 14.9 Å². The number of rotatable bonds is 3. The van der Waals surface area contributed by atoms with Gasteiger partial charge in [0, 0.05) is 22.5 Å². The molecule has 0 fully saturated rings. The Morgan fingerprint density at radius 1 is 1.05 bits per heavy atom. The van der Waals surface area contributed by atoms with Gasteiger partial charge in [-0.05, 0) is 18.2 Å². The topological polar surface area (TPSA) is 68.9 Å². The summed E-state index contributed by atoms with van der Waals surface area (Å²) >= 11 is 1.44. The lowest BCUT2D eigenvalue weighted by Gasteiger charge is -2.04. The summed E-state index contributed by atoms with van der Waals surface area (Å²) in [7, 11) is 0. The van der Waals surface area contributed by atoms with Crippen LogP contribution in [0, 0.1) is 10.1 Å². The van der Waals surface area contributed by atoms with Gasteiger partial charge >= 0.3 is 0 Å². The molecule has 2 heterocycles. The minimum Gasteiger partial charge on any atom is -0.258 e. The Hall–Kier alpha value is -2.47. The van der Waals surface area contributed by atoms with Crippen LogP contribution >= 0.6 is 11.8 Å². The van der Waals surface area contributed by atoms with Gasteiger partial charge in [-0.15, -0.1) is 0 Å². The molecule has 3 aromatic rings. The van der Waals surface area contributed by atoms with E-state index in [-0.39, 0.29) is 5.69 Å². The summed E-state index contributed by atoms with van der Waals surface area (Å²) in [6, 6.07) is 12.9. The highest BCUT2D eigenvalue weighted by molar-refractivity contribution is 7.99. The summed E-state index contributed by atoms with van der Waals surface area (Å²) in [5.41, 5.74) is 0.894. The molecule has 20 heavy (non-hydrogen) atoms. The van der Waals surface area contributed by atoms with E-state index in [0.717, 1.165) is 15.8 Å². The molecule has 0 saturated carbocycles. The molecule has 0 amide bonds. The molecule has 0 aliphatic rings. The summed E-state index contributed by atoms with van der Waals surface area (Å²) in [5.74, 6) is 0. The van der Waals surface area contributed by atoms with Crippen molar-refractivity contribution in [2.24, 2.45) is 0 Å². The van der Waals surface area contributed by atoms with Gasteiger partial charge in [0.25, 0.3) is 5.69 Å². The third kappa shape index (κ3) is 2.46. The van der Waals surface area contributed by atoms with Crippen molar-refractivity contribution in [3.63, 3.8) is 0 Å². The first-order valence-corrected chi connectivity index (χ1v) is 6.68.